The highest BCUT2D eigenvalue weighted by Crippen LogP contribution is 2.37. The monoisotopic (exact) mass is 385 g/mol. The highest BCUT2D eigenvalue weighted by molar-refractivity contribution is 7.10. The van der Waals surface area contributed by atoms with Crippen molar-refractivity contribution in [3.63, 3.8) is 0 Å². The molecular weight excluding hydrogens is 358 g/mol. The minimum atomic E-state index is -0.189. The third-order valence-electron chi connectivity index (χ3n) is 4.92. The van der Waals surface area contributed by atoms with Gasteiger partial charge in [-0.3, -0.25) is 4.79 Å². The molecule has 1 aromatic heterocycles. The van der Waals surface area contributed by atoms with Gasteiger partial charge in [-0.15, -0.1) is 11.3 Å². The summed E-state index contributed by atoms with van der Waals surface area (Å²) in [6.07, 6.45) is 0.866. The zero-order chi connectivity index (χ0) is 19.4. The summed E-state index contributed by atoms with van der Waals surface area (Å²) in [5.74, 6) is -0.0133. The molecule has 6 heteroatoms. The fourth-order valence-electron chi connectivity index (χ4n) is 3.56. The maximum Gasteiger partial charge on any atom is 0.318 e. The van der Waals surface area contributed by atoms with E-state index in [1.54, 1.807) is 16.2 Å². The number of fused-ring (bicyclic) bond motifs is 1. The van der Waals surface area contributed by atoms with E-state index >= 15 is 0 Å². The second kappa shape index (κ2) is 8.57. The van der Waals surface area contributed by atoms with Crippen molar-refractivity contribution >= 4 is 23.3 Å². The zero-order valence-corrected chi connectivity index (χ0v) is 17.0. The van der Waals surface area contributed by atoms with Crippen molar-refractivity contribution in [2.24, 2.45) is 0 Å². The fourth-order valence-corrected chi connectivity index (χ4v) is 4.46. The van der Waals surface area contributed by atoms with E-state index in [4.69, 9.17) is 0 Å². The van der Waals surface area contributed by atoms with Gasteiger partial charge in [0.2, 0.25) is 5.91 Å². The predicted molar refractivity (Wildman–Crippen MR) is 109 cm³/mol. The number of hydrogen-bond donors (Lipinski definition) is 1. The van der Waals surface area contributed by atoms with Crippen LogP contribution in [0.3, 0.4) is 0 Å². The number of rotatable bonds is 5. The Morgan fingerprint density at radius 3 is 2.67 bits per heavy atom. The van der Waals surface area contributed by atoms with Gasteiger partial charge in [-0.25, -0.2) is 4.79 Å². The van der Waals surface area contributed by atoms with Gasteiger partial charge in [0.1, 0.15) is 6.54 Å². The average molecular weight is 386 g/mol. The van der Waals surface area contributed by atoms with E-state index in [1.807, 2.05) is 43.9 Å². The lowest BCUT2D eigenvalue weighted by Gasteiger charge is -2.38. The second-order valence-corrected chi connectivity index (χ2v) is 8.01. The second-order valence-electron chi connectivity index (χ2n) is 7.01. The lowest BCUT2D eigenvalue weighted by Crippen LogP contribution is -2.51. The van der Waals surface area contributed by atoms with Crippen molar-refractivity contribution in [1.29, 1.82) is 0 Å². The molecule has 3 amide bonds. The first-order valence-corrected chi connectivity index (χ1v) is 10.4. The number of amides is 3. The van der Waals surface area contributed by atoms with E-state index in [2.05, 4.69) is 28.9 Å². The summed E-state index contributed by atoms with van der Waals surface area (Å²) >= 11 is 1.76. The minimum absolute atomic E-state index is 0.0133. The van der Waals surface area contributed by atoms with Crippen LogP contribution in [0.15, 0.2) is 41.8 Å². The average Bonchev–Trinajstić information content (AvgIpc) is 3.14. The molecule has 27 heavy (non-hydrogen) atoms. The molecular formula is C21H27N3O2S. The Morgan fingerprint density at radius 1 is 1.26 bits per heavy atom. The largest absolute Gasteiger partial charge is 0.338 e. The molecule has 1 N–H and O–H groups in total. The van der Waals surface area contributed by atoms with Gasteiger partial charge in [0.25, 0.3) is 0 Å². The number of urea groups is 1. The van der Waals surface area contributed by atoms with Crippen molar-refractivity contribution in [3.05, 3.63) is 57.8 Å². The molecule has 0 radical (unpaired) electrons. The minimum Gasteiger partial charge on any atom is -0.338 e. The summed E-state index contributed by atoms with van der Waals surface area (Å²) in [6.45, 7) is 7.06. The molecule has 3 rings (SSSR count). The van der Waals surface area contributed by atoms with Gasteiger partial charge in [-0.2, -0.15) is 0 Å². The Morgan fingerprint density at radius 2 is 2.00 bits per heavy atom. The Labute approximate surface area is 165 Å². The normalized spacial score (nSPS) is 16.1. The van der Waals surface area contributed by atoms with Gasteiger partial charge in [0.15, 0.2) is 0 Å². The van der Waals surface area contributed by atoms with Crippen LogP contribution < -0.4 is 5.32 Å². The van der Waals surface area contributed by atoms with Crippen LogP contribution in [0.25, 0.3) is 0 Å². The highest BCUT2D eigenvalue weighted by atomic mass is 32.1. The molecule has 0 aliphatic carbocycles. The summed E-state index contributed by atoms with van der Waals surface area (Å²) in [4.78, 5) is 30.5. The molecule has 2 aromatic rings. The summed E-state index contributed by atoms with van der Waals surface area (Å²) in [5, 5.41) is 4.91. The van der Waals surface area contributed by atoms with E-state index in [-0.39, 0.29) is 30.6 Å². The standard InChI is InChI=1S/C21H27N3O2S/c1-4-22-21(26)24(15(2)3)14-19(25)23-12-10-18-17(11-13-27-18)20(23)16-8-6-5-7-9-16/h5-9,11,13,15,20H,4,10,12,14H2,1-3H3,(H,22,26)/t20-/m0/s1. The van der Waals surface area contributed by atoms with Crippen molar-refractivity contribution in [2.45, 2.75) is 39.3 Å². The first-order valence-electron chi connectivity index (χ1n) is 9.48. The van der Waals surface area contributed by atoms with E-state index in [9.17, 15) is 9.59 Å². The maximum absolute atomic E-state index is 13.2. The molecule has 1 aliphatic rings. The Kier molecular flexibility index (Phi) is 6.16. The Balaban J connectivity index is 1.87. The van der Waals surface area contributed by atoms with Gasteiger partial charge >= 0.3 is 6.03 Å². The quantitative estimate of drug-likeness (QED) is 0.854. The van der Waals surface area contributed by atoms with Crippen molar-refractivity contribution < 1.29 is 9.59 Å². The Hall–Kier alpha value is -2.34. The first-order chi connectivity index (χ1) is 13.0. The van der Waals surface area contributed by atoms with Crippen LogP contribution in [0.2, 0.25) is 0 Å². The number of nitrogens with one attached hydrogen (secondary N) is 1. The SMILES string of the molecule is CCNC(=O)N(CC(=O)N1CCc2sccc2[C@@H]1c1ccccc1)C(C)C. The van der Waals surface area contributed by atoms with Crippen LogP contribution in [0, 0.1) is 0 Å². The van der Waals surface area contributed by atoms with Gasteiger partial charge < -0.3 is 15.1 Å². The maximum atomic E-state index is 13.2. The third-order valence-corrected chi connectivity index (χ3v) is 5.92. The molecule has 144 valence electrons. The van der Waals surface area contributed by atoms with Crippen LogP contribution in [0.5, 0.6) is 0 Å². The molecule has 0 spiro atoms. The van der Waals surface area contributed by atoms with Crippen molar-refractivity contribution in [1.82, 2.24) is 15.1 Å². The smallest absolute Gasteiger partial charge is 0.318 e. The summed E-state index contributed by atoms with van der Waals surface area (Å²) in [6, 6.07) is 12.0. The number of hydrogen-bond acceptors (Lipinski definition) is 3. The fraction of sp³-hybridized carbons (Fsp3) is 0.429. The van der Waals surface area contributed by atoms with Crippen LogP contribution in [0.1, 0.15) is 42.8 Å². The van der Waals surface area contributed by atoms with Crippen LogP contribution in [-0.2, 0) is 11.2 Å². The summed E-state index contributed by atoms with van der Waals surface area (Å²) in [5.41, 5.74) is 2.32. The number of carbonyl (C=O) groups excluding carboxylic acids is 2. The lowest BCUT2D eigenvalue weighted by atomic mass is 9.93. The lowest BCUT2D eigenvalue weighted by molar-refractivity contribution is -0.134. The zero-order valence-electron chi connectivity index (χ0n) is 16.1. The van der Waals surface area contributed by atoms with Gasteiger partial charge in [0, 0.05) is 24.0 Å². The summed E-state index contributed by atoms with van der Waals surface area (Å²) in [7, 11) is 0. The van der Waals surface area contributed by atoms with Crippen LogP contribution >= 0.6 is 11.3 Å². The van der Waals surface area contributed by atoms with E-state index < -0.39 is 0 Å². The molecule has 1 aromatic carbocycles. The molecule has 5 nitrogen and oxygen atoms in total. The molecule has 0 bridgehead atoms. The molecule has 0 saturated heterocycles. The number of nitrogens with zero attached hydrogens (tertiary/aromatic N) is 2. The van der Waals surface area contributed by atoms with Crippen molar-refractivity contribution in [3.8, 4) is 0 Å². The molecule has 0 unspecified atom stereocenters. The Bertz CT molecular complexity index is 788. The molecule has 1 aliphatic heterocycles. The van der Waals surface area contributed by atoms with Crippen LogP contribution in [0.4, 0.5) is 4.79 Å². The number of benzene rings is 1. The van der Waals surface area contributed by atoms with Gasteiger partial charge in [-0.05, 0) is 49.8 Å². The number of thiophene rings is 1. The van der Waals surface area contributed by atoms with Crippen molar-refractivity contribution in [2.75, 3.05) is 19.6 Å². The number of carbonyl (C=O) groups is 2. The first kappa shape index (κ1) is 19.4. The van der Waals surface area contributed by atoms with Crippen LogP contribution in [-0.4, -0.2) is 47.4 Å². The van der Waals surface area contributed by atoms with Gasteiger partial charge in [0.05, 0.1) is 6.04 Å². The molecule has 2 heterocycles. The predicted octanol–water partition coefficient (Wildman–Crippen LogP) is 3.66. The van der Waals surface area contributed by atoms with Gasteiger partial charge in [-0.1, -0.05) is 30.3 Å². The molecule has 0 saturated carbocycles. The summed E-state index contributed by atoms with van der Waals surface area (Å²) < 4.78 is 0. The third kappa shape index (κ3) is 4.16. The van der Waals surface area contributed by atoms with E-state index in [0.717, 1.165) is 12.0 Å². The molecule has 0 fully saturated rings. The van der Waals surface area contributed by atoms with E-state index in [1.165, 1.54) is 10.4 Å². The van der Waals surface area contributed by atoms with E-state index in [0.29, 0.717) is 13.1 Å². The molecule has 1 atom stereocenters. The highest BCUT2D eigenvalue weighted by Gasteiger charge is 2.34. The topological polar surface area (TPSA) is 52.7 Å².